The molecule has 1 heterocycles. The summed E-state index contributed by atoms with van der Waals surface area (Å²) in [5, 5.41) is 9.16. The number of aromatic hydroxyl groups is 1. The van der Waals surface area contributed by atoms with Gasteiger partial charge in [-0.15, -0.1) is 0 Å². The predicted octanol–water partition coefficient (Wildman–Crippen LogP) is 0.478. The Balaban J connectivity index is 2.34. The van der Waals surface area contributed by atoms with Gasteiger partial charge in [-0.3, -0.25) is 0 Å². The number of nitrogens with two attached hydrogens (primary N) is 1. The molecule has 1 aliphatic rings. The number of phenols is 1. The fourth-order valence-electron chi connectivity index (χ4n) is 1.18. The zero-order chi connectivity index (χ0) is 10.1. The summed E-state index contributed by atoms with van der Waals surface area (Å²) >= 11 is 0. The molecule has 1 unspecified atom stereocenters. The van der Waals surface area contributed by atoms with E-state index < -0.39 is 12.0 Å². The summed E-state index contributed by atoms with van der Waals surface area (Å²) in [5.41, 5.74) is 6.22. The quantitative estimate of drug-likeness (QED) is 0.384. The highest BCUT2D eigenvalue weighted by molar-refractivity contribution is 5.92. The van der Waals surface area contributed by atoms with Crippen molar-refractivity contribution in [1.29, 1.82) is 0 Å². The molecule has 0 spiro atoms. The normalized spacial score (nSPS) is 19.7. The van der Waals surface area contributed by atoms with Crippen LogP contribution >= 0.6 is 0 Å². The van der Waals surface area contributed by atoms with Crippen molar-refractivity contribution < 1.29 is 14.6 Å². The van der Waals surface area contributed by atoms with E-state index in [0.29, 0.717) is 5.56 Å². The number of nitrogen functional groups attached to an aromatic ring is 1. The highest BCUT2D eigenvalue weighted by atomic mass is 16.5. The van der Waals surface area contributed by atoms with Gasteiger partial charge in [0.25, 0.3) is 0 Å². The molecule has 1 aliphatic heterocycles. The van der Waals surface area contributed by atoms with Crippen molar-refractivity contribution in [2.75, 3.05) is 5.73 Å². The average Bonchev–Trinajstić information content (AvgIpc) is 2.57. The summed E-state index contributed by atoms with van der Waals surface area (Å²) in [6, 6.07) is 4.43. The van der Waals surface area contributed by atoms with E-state index in [1.807, 2.05) is 0 Å². The Morgan fingerprint density at radius 2 is 2.36 bits per heavy atom. The topological polar surface area (TPSA) is 84.9 Å². The van der Waals surface area contributed by atoms with Gasteiger partial charge in [0.2, 0.25) is 0 Å². The largest absolute Gasteiger partial charge is 0.573 e. The number of carbonyl (C=O) groups is 1. The first-order chi connectivity index (χ1) is 6.68. The molecule has 1 amide bonds. The smallest absolute Gasteiger partial charge is 0.138 e. The summed E-state index contributed by atoms with van der Waals surface area (Å²) in [6.45, 7) is 0. The van der Waals surface area contributed by atoms with Crippen LogP contribution in [0, 0.1) is 0 Å². The summed E-state index contributed by atoms with van der Waals surface area (Å²) in [6.07, 6.45) is 1.35. The lowest BCUT2D eigenvalue weighted by atomic mass is 10.1. The van der Waals surface area contributed by atoms with Crippen molar-refractivity contribution in [3.05, 3.63) is 23.8 Å². The monoisotopic (exact) mass is 191 g/mol. The number of carbonyl (C=O) groups excluding carboxylic acids is 1. The minimum Gasteiger partial charge on any atom is -0.573 e. The first-order valence-corrected chi connectivity index (χ1v) is 3.92. The Labute approximate surface area is 79.8 Å². The minimum absolute atomic E-state index is 0.0240. The van der Waals surface area contributed by atoms with Crippen molar-refractivity contribution in [2.24, 2.45) is 4.99 Å². The molecule has 14 heavy (non-hydrogen) atoms. The van der Waals surface area contributed by atoms with Crippen molar-refractivity contribution in [2.45, 2.75) is 6.10 Å². The second kappa shape index (κ2) is 3.02. The van der Waals surface area contributed by atoms with Gasteiger partial charge in [0, 0.05) is 6.40 Å². The molecule has 72 valence electrons. The SMILES string of the molecule is Nc1cc(C2O[C-]=NC2=O)ccc1O. The molecule has 5 heteroatoms. The van der Waals surface area contributed by atoms with Crippen LogP contribution in [0.15, 0.2) is 23.2 Å². The molecule has 0 aliphatic carbocycles. The molecule has 1 aromatic rings. The Morgan fingerprint density at radius 1 is 1.57 bits per heavy atom. The van der Waals surface area contributed by atoms with Crippen LogP contribution in [0.2, 0.25) is 0 Å². The molecule has 0 radical (unpaired) electrons. The second-order valence-corrected chi connectivity index (χ2v) is 2.86. The lowest BCUT2D eigenvalue weighted by Gasteiger charge is -2.15. The van der Waals surface area contributed by atoms with Gasteiger partial charge in [0.05, 0.1) is 5.69 Å². The summed E-state index contributed by atoms with van der Waals surface area (Å²) < 4.78 is 4.84. The summed E-state index contributed by atoms with van der Waals surface area (Å²) in [5.74, 6) is -0.445. The third-order valence-corrected chi connectivity index (χ3v) is 1.91. The van der Waals surface area contributed by atoms with Gasteiger partial charge in [0.1, 0.15) is 17.8 Å². The van der Waals surface area contributed by atoms with Crippen LogP contribution in [-0.2, 0) is 9.53 Å². The molecular weight excluding hydrogens is 184 g/mol. The first-order valence-electron chi connectivity index (χ1n) is 3.92. The molecule has 5 nitrogen and oxygen atoms in total. The van der Waals surface area contributed by atoms with E-state index in [4.69, 9.17) is 15.6 Å². The van der Waals surface area contributed by atoms with Crippen molar-refractivity contribution >= 4 is 18.0 Å². The van der Waals surface area contributed by atoms with Crippen LogP contribution in [-0.4, -0.2) is 17.4 Å². The number of ether oxygens (including phenoxy) is 1. The Hall–Kier alpha value is -2.04. The molecule has 2 rings (SSSR count). The first kappa shape index (κ1) is 8.55. The average molecular weight is 191 g/mol. The number of phenolic OH excluding ortho intramolecular Hbond substituents is 1. The van der Waals surface area contributed by atoms with Gasteiger partial charge < -0.3 is 25.4 Å². The molecule has 0 aromatic heterocycles. The van der Waals surface area contributed by atoms with Crippen LogP contribution in [0.1, 0.15) is 11.7 Å². The molecule has 0 bridgehead atoms. The number of anilines is 1. The van der Waals surface area contributed by atoms with Gasteiger partial charge in [-0.05, 0) is 17.7 Å². The van der Waals surface area contributed by atoms with E-state index in [1.54, 1.807) is 6.07 Å². The standard InChI is InChI=1S/C9H7N2O3/c10-6-3-5(1-2-7(6)12)8-9(13)11-4-14-8/h1-3,8,12H,10H2/q-1. The van der Waals surface area contributed by atoms with Gasteiger partial charge >= 0.3 is 0 Å². The summed E-state index contributed by atoms with van der Waals surface area (Å²) in [4.78, 5) is 14.4. The van der Waals surface area contributed by atoms with Crippen LogP contribution in [0.3, 0.4) is 0 Å². The Bertz CT molecular complexity index is 415. The number of nitrogens with zero attached hydrogens (tertiary/aromatic N) is 1. The number of hydrogen-bond donors (Lipinski definition) is 2. The molecule has 0 saturated carbocycles. The lowest BCUT2D eigenvalue weighted by Crippen LogP contribution is -2.06. The van der Waals surface area contributed by atoms with Gasteiger partial charge in [0.15, 0.2) is 0 Å². The van der Waals surface area contributed by atoms with Crippen molar-refractivity contribution in [3.8, 4) is 5.75 Å². The molecule has 3 N–H and O–H groups in total. The molecule has 1 aromatic carbocycles. The predicted molar refractivity (Wildman–Crippen MR) is 48.8 cm³/mol. The Kier molecular flexibility index (Phi) is 1.85. The summed E-state index contributed by atoms with van der Waals surface area (Å²) in [7, 11) is 0. The maximum atomic E-state index is 11.1. The highest BCUT2D eigenvalue weighted by Gasteiger charge is 2.16. The van der Waals surface area contributed by atoms with E-state index in [9.17, 15) is 4.79 Å². The number of benzene rings is 1. The Morgan fingerprint density at radius 3 is 2.93 bits per heavy atom. The van der Waals surface area contributed by atoms with Crippen LogP contribution < -0.4 is 5.73 Å². The third-order valence-electron chi connectivity index (χ3n) is 1.91. The number of rotatable bonds is 1. The number of amides is 1. The van der Waals surface area contributed by atoms with Gasteiger partial charge in [-0.2, -0.15) is 0 Å². The van der Waals surface area contributed by atoms with Gasteiger partial charge in [-0.1, -0.05) is 6.07 Å². The minimum atomic E-state index is -0.780. The van der Waals surface area contributed by atoms with E-state index >= 15 is 0 Å². The fraction of sp³-hybridized carbons (Fsp3) is 0.111. The van der Waals surface area contributed by atoms with Gasteiger partial charge in [-0.25, -0.2) is 0 Å². The maximum absolute atomic E-state index is 11.1. The lowest BCUT2D eigenvalue weighted by molar-refractivity contribution is -0.122. The van der Waals surface area contributed by atoms with E-state index in [1.165, 1.54) is 12.1 Å². The fourth-order valence-corrected chi connectivity index (χ4v) is 1.18. The molecule has 0 saturated heterocycles. The number of aliphatic imine (C=N–C) groups is 1. The van der Waals surface area contributed by atoms with E-state index in [0.717, 1.165) is 0 Å². The van der Waals surface area contributed by atoms with E-state index in [-0.39, 0.29) is 11.4 Å². The van der Waals surface area contributed by atoms with E-state index in [2.05, 4.69) is 11.4 Å². The highest BCUT2D eigenvalue weighted by Crippen LogP contribution is 2.27. The van der Waals surface area contributed by atoms with Crippen LogP contribution in [0.4, 0.5) is 5.69 Å². The van der Waals surface area contributed by atoms with Crippen molar-refractivity contribution in [1.82, 2.24) is 0 Å². The molecular formula is C9H7N2O3-. The molecule has 1 atom stereocenters. The maximum Gasteiger partial charge on any atom is 0.138 e. The molecule has 0 fully saturated rings. The van der Waals surface area contributed by atoms with Crippen molar-refractivity contribution in [3.63, 3.8) is 0 Å². The van der Waals surface area contributed by atoms with Crippen LogP contribution in [0.25, 0.3) is 0 Å². The third kappa shape index (κ3) is 1.28. The zero-order valence-corrected chi connectivity index (χ0v) is 7.10. The second-order valence-electron chi connectivity index (χ2n) is 2.86. The zero-order valence-electron chi connectivity index (χ0n) is 7.10. The number of hydrogen-bond acceptors (Lipinski definition) is 4. The van der Waals surface area contributed by atoms with Crippen LogP contribution in [0.5, 0.6) is 5.75 Å².